The number of anilines is 1. The number of H-pyrrole nitrogens is 1. The van der Waals surface area contributed by atoms with Crippen LogP contribution in [0.2, 0.25) is 0 Å². The summed E-state index contributed by atoms with van der Waals surface area (Å²) >= 11 is 6.27. The van der Waals surface area contributed by atoms with Crippen LogP contribution in [0.25, 0.3) is 0 Å². The molecule has 6 nitrogen and oxygen atoms in total. The number of carbonyl (C=O) groups excluding carboxylic acids is 1. The van der Waals surface area contributed by atoms with Crippen molar-refractivity contribution in [2.75, 3.05) is 24.7 Å². The number of amides is 1. The first-order valence-corrected chi connectivity index (χ1v) is 8.54. The van der Waals surface area contributed by atoms with Crippen LogP contribution in [0.4, 0.5) is 9.93 Å². The monoisotopic (exact) mass is 353 g/mol. The molecule has 0 saturated heterocycles. The minimum absolute atomic E-state index is 0.220. The third-order valence-corrected chi connectivity index (χ3v) is 4.07. The van der Waals surface area contributed by atoms with Crippen LogP contribution < -0.4 is 4.90 Å². The standard InChI is InChI=1S/C15H19N3O3S2/c1-2-20-10-6-9-18(13-16-17-14(22)23-13)15(19)21-11-12-7-4-3-5-8-12/h3-5,7-8H,2,6,9-11H2,1H3,(H,17,22). The van der Waals surface area contributed by atoms with E-state index in [0.29, 0.717) is 35.3 Å². The molecule has 0 atom stereocenters. The van der Waals surface area contributed by atoms with E-state index in [1.54, 1.807) is 0 Å². The van der Waals surface area contributed by atoms with E-state index < -0.39 is 6.09 Å². The van der Waals surface area contributed by atoms with E-state index in [2.05, 4.69) is 10.2 Å². The van der Waals surface area contributed by atoms with Crippen molar-refractivity contribution in [1.82, 2.24) is 10.2 Å². The number of carbonyl (C=O) groups is 1. The Hall–Kier alpha value is -1.77. The van der Waals surface area contributed by atoms with Crippen molar-refractivity contribution in [3.8, 4) is 0 Å². The third kappa shape index (κ3) is 5.74. The number of rotatable bonds is 8. The molecule has 8 heteroatoms. The van der Waals surface area contributed by atoms with E-state index in [9.17, 15) is 4.79 Å². The Bertz CT molecular complexity index is 657. The van der Waals surface area contributed by atoms with Crippen LogP contribution in [0, 0.1) is 3.95 Å². The van der Waals surface area contributed by atoms with Gasteiger partial charge in [0.15, 0.2) is 3.95 Å². The molecule has 0 unspecified atom stereocenters. The number of nitrogens with zero attached hydrogens (tertiary/aromatic N) is 2. The molecule has 1 aromatic heterocycles. The van der Waals surface area contributed by atoms with E-state index in [-0.39, 0.29) is 6.61 Å². The number of benzene rings is 1. The van der Waals surface area contributed by atoms with Crippen LogP contribution in [-0.4, -0.2) is 36.0 Å². The summed E-state index contributed by atoms with van der Waals surface area (Å²) in [6.45, 7) is 3.85. The van der Waals surface area contributed by atoms with Crippen molar-refractivity contribution in [2.45, 2.75) is 20.0 Å². The van der Waals surface area contributed by atoms with Crippen molar-refractivity contribution < 1.29 is 14.3 Å². The first-order valence-electron chi connectivity index (χ1n) is 7.32. The van der Waals surface area contributed by atoms with Gasteiger partial charge in [-0.2, -0.15) is 0 Å². The maximum Gasteiger partial charge on any atom is 0.416 e. The summed E-state index contributed by atoms with van der Waals surface area (Å²) in [7, 11) is 0. The van der Waals surface area contributed by atoms with Gasteiger partial charge in [-0.25, -0.2) is 4.79 Å². The van der Waals surface area contributed by atoms with Crippen molar-refractivity contribution in [3.63, 3.8) is 0 Å². The highest BCUT2D eigenvalue weighted by Crippen LogP contribution is 2.19. The lowest BCUT2D eigenvalue weighted by Crippen LogP contribution is -2.33. The average Bonchev–Trinajstić information content (AvgIpc) is 3.00. The number of aromatic amines is 1. The molecule has 124 valence electrons. The van der Waals surface area contributed by atoms with Crippen LogP contribution in [-0.2, 0) is 16.1 Å². The predicted molar refractivity (Wildman–Crippen MR) is 92.4 cm³/mol. The highest BCUT2D eigenvalue weighted by molar-refractivity contribution is 7.73. The fourth-order valence-corrected chi connectivity index (χ4v) is 2.76. The van der Waals surface area contributed by atoms with Crippen LogP contribution >= 0.6 is 23.6 Å². The maximum absolute atomic E-state index is 12.4. The summed E-state index contributed by atoms with van der Waals surface area (Å²) in [5.41, 5.74) is 0.935. The Morgan fingerprint density at radius 2 is 2.17 bits per heavy atom. The topological polar surface area (TPSA) is 67.4 Å². The van der Waals surface area contributed by atoms with Gasteiger partial charge in [-0.15, -0.1) is 5.10 Å². The summed E-state index contributed by atoms with van der Waals surface area (Å²) in [5.74, 6) is 0. The van der Waals surface area contributed by atoms with E-state index in [0.717, 1.165) is 5.56 Å². The van der Waals surface area contributed by atoms with Gasteiger partial charge in [-0.05, 0) is 31.1 Å². The fourth-order valence-electron chi connectivity index (χ4n) is 1.87. The molecule has 0 aliphatic heterocycles. The number of nitrogens with one attached hydrogen (secondary N) is 1. The molecule has 0 saturated carbocycles. The molecule has 2 rings (SSSR count). The van der Waals surface area contributed by atoms with Crippen molar-refractivity contribution in [3.05, 3.63) is 39.8 Å². The van der Waals surface area contributed by atoms with Crippen LogP contribution in [0.1, 0.15) is 18.9 Å². The lowest BCUT2D eigenvalue weighted by atomic mass is 10.2. The van der Waals surface area contributed by atoms with Gasteiger partial charge in [0, 0.05) is 19.8 Å². The molecular formula is C15H19N3O3S2. The van der Waals surface area contributed by atoms with Gasteiger partial charge in [0.1, 0.15) is 6.61 Å². The number of hydrogen-bond donors (Lipinski definition) is 1. The molecule has 2 aromatic rings. The minimum Gasteiger partial charge on any atom is -0.444 e. The molecule has 0 fully saturated rings. The fraction of sp³-hybridized carbons (Fsp3) is 0.400. The van der Waals surface area contributed by atoms with Crippen LogP contribution in [0.3, 0.4) is 0 Å². The summed E-state index contributed by atoms with van der Waals surface area (Å²) in [6.07, 6.45) is 0.253. The smallest absolute Gasteiger partial charge is 0.416 e. The van der Waals surface area contributed by atoms with Crippen LogP contribution in [0.15, 0.2) is 30.3 Å². The molecule has 0 radical (unpaired) electrons. The molecule has 1 heterocycles. The predicted octanol–water partition coefficient (Wildman–Crippen LogP) is 3.77. The normalized spacial score (nSPS) is 10.5. The molecule has 0 spiro atoms. The molecule has 1 amide bonds. The van der Waals surface area contributed by atoms with Gasteiger partial charge in [-0.1, -0.05) is 41.7 Å². The molecule has 1 N–H and O–H groups in total. The number of aromatic nitrogens is 2. The van der Waals surface area contributed by atoms with Crippen LogP contribution in [0.5, 0.6) is 0 Å². The van der Waals surface area contributed by atoms with E-state index in [1.165, 1.54) is 16.2 Å². The Labute approximate surface area is 144 Å². The van der Waals surface area contributed by atoms with Gasteiger partial charge in [0.2, 0.25) is 5.13 Å². The molecule has 0 aliphatic rings. The Kier molecular flexibility index (Phi) is 7.18. The Morgan fingerprint density at radius 3 is 2.83 bits per heavy atom. The zero-order chi connectivity index (χ0) is 16.5. The van der Waals surface area contributed by atoms with Crippen molar-refractivity contribution in [1.29, 1.82) is 0 Å². The lowest BCUT2D eigenvalue weighted by molar-refractivity contribution is 0.138. The second-order valence-electron chi connectivity index (χ2n) is 4.64. The number of hydrogen-bond acceptors (Lipinski definition) is 6. The highest BCUT2D eigenvalue weighted by Gasteiger charge is 2.20. The van der Waals surface area contributed by atoms with Crippen molar-refractivity contribution in [2.24, 2.45) is 0 Å². The molecule has 0 aliphatic carbocycles. The lowest BCUT2D eigenvalue weighted by Gasteiger charge is -2.19. The van der Waals surface area contributed by atoms with E-state index >= 15 is 0 Å². The van der Waals surface area contributed by atoms with Gasteiger partial charge in [-0.3, -0.25) is 10.00 Å². The first-order chi connectivity index (χ1) is 11.2. The van der Waals surface area contributed by atoms with Gasteiger partial charge >= 0.3 is 6.09 Å². The molecular weight excluding hydrogens is 334 g/mol. The zero-order valence-corrected chi connectivity index (χ0v) is 14.5. The summed E-state index contributed by atoms with van der Waals surface area (Å²) < 4.78 is 11.2. The molecule has 0 bridgehead atoms. The first kappa shape index (κ1) is 17.6. The third-order valence-electron chi connectivity index (χ3n) is 2.96. The second kappa shape index (κ2) is 9.39. The Balaban J connectivity index is 1.97. The summed E-state index contributed by atoms with van der Waals surface area (Å²) in [4.78, 5) is 13.9. The molecule has 23 heavy (non-hydrogen) atoms. The minimum atomic E-state index is -0.442. The maximum atomic E-state index is 12.4. The average molecular weight is 353 g/mol. The quantitative estimate of drug-likeness (QED) is 0.578. The van der Waals surface area contributed by atoms with Gasteiger partial charge in [0.05, 0.1) is 0 Å². The van der Waals surface area contributed by atoms with Crippen molar-refractivity contribution >= 4 is 34.8 Å². The Morgan fingerprint density at radius 1 is 1.39 bits per heavy atom. The number of ether oxygens (including phenoxy) is 2. The largest absolute Gasteiger partial charge is 0.444 e. The SMILES string of the molecule is CCOCCCN(C(=O)OCc1ccccc1)c1n[nH]c(=S)s1. The summed E-state index contributed by atoms with van der Waals surface area (Å²) in [6, 6.07) is 9.54. The highest BCUT2D eigenvalue weighted by atomic mass is 32.1. The van der Waals surface area contributed by atoms with E-state index in [4.69, 9.17) is 21.7 Å². The second-order valence-corrected chi connectivity index (χ2v) is 6.28. The molecule has 1 aromatic carbocycles. The van der Waals surface area contributed by atoms with Gasteiger partial charge < -0.3 is 9.47 Å². The van der Waals surface area contributed by atoms with E-state index in [1.807, 2.05) is 37.3 Å². The summed E-state index contributed by atoms with van der Waals surface area (Å²) in [5, 5.41) is 7.25. The van der Waals surface area contributed by atoms with Gasteiger partial charge in [0.25, 0.3) is 0 Å². The zero-order valence-electron chi connectivity index (χ0n) is 12.9.